The van der Waals surface area contributed by atoms with Gasteiger partial charge in [-0.2, -0.15) is 0 Å². The summed E-state index contributed by atoms with van der Waals surface area (Å²) in [5.41, 5.74) is 2.69. The summed E-state index contributed by atoms with van der Waals surface area (Å²) in [5.74, 6) is 0.0387. The predicted octanol–water partition coefficient (Wildman–Crippen LogP) is 3.44. The van der Waals surface area contributed by atoms with Gasteiger partial charge in [0, 0.05) is 0 Å². The lowest BCUT2D eigenvalue weighted by Gasteiger charge is -2.27. The molecule has 148 valence electrons. The number of fused-ring (bicyclic) bond motifs is 1. The summed E-state index contributed by atoms with van der Waals surface area (Å²) in [4.78, 5) is 25.0. The minimum absolute atomic E-state index is 0.0558. The maximum absolute atomic E-state index is 12.6. The van der Waals surface area contributed by atoms with E-state index in [4.69, 9.17) is 14.2 Å². The lowest BCUT2D eigenvalue weighted by molar-refractivity contribution is -0.130. The molecule has 0 aliphatic heterocycles. The number of carbonyl (C=O) groups excluding carboxylic acids is 2. The monoisotopic (exact) mass is 383 g/mol. The molecule has 2 atom stereocenters. The molecular weight excluding hydrogens is 358 g/mol. The summed E-state index contributed by atoms with van der Waals surface area (Å²) in [6, 6.07) is 12.8. The van der Waals surface area contributed by atoms with Gasteiger partial charge in [-0.1, -0.05) is 24.3 Å². The van der Waals surface area contributed by atoms with Crippen LogP contribution in [0, 0.1) is 0 Å². The molecule has 1 amide bonds. The normalized spacial score (nSPS) is 16.5. The molecule has 0 saturated heterocycles. The van der Waals surface area contributed by atoms with Crippen molar-refractivity contribution in [1.29, 1.82) is 0 Å². The number of rotatable bonds is 6. The van der Waals surface area contributed by atoms with E-state index in [2.05, 4.69) is 11.4 Å². The van der Waals surface area contributed by atoms with Crippen molar-refractivity contribution in [2.75, 3.05) is 14.2 Å². The summed E-state index contributed by atoms with van der Waals surface area (Å²) in [6.07, 6.45) is 2.00. The highest BCUT2D eigenvalue weighted by Gasteiger charge is 2.25. The van der Waals surface area contributed by atoms with Crippen LogP contribution in [0.3, 0.4) is 0 Å². The average molecular weight is 383 g/mol. The largest absolute Gasteiger partial charge is 0.493 e. The Labute approximate surface area is 164 Å². The van der Waals surface area contributed by atoms with Crippen molar-refractivity contribution in [2.45, 2.75) is 38.3 Å². The third-order valence-corrected chi connectivity index (χ3v) is 4.96. The fraction of sp³-hybridized carbons (Fsp3) is 0.364. The first kappa shape index (κ1) is 19.7. The summed E-state index contributed by atoms with van der Waals surface area (Å²) in [5, 5.41) is 3.01. The molecule has 2 aromatic rings. The molecule has 0 saturated carbocycles. The Morgan fingerprint density at radius 1 is 1.07 bits per heavy atom. The standard InChI is InChI=1S/C22H25NO5/c1-14(28-22(25)16-11-12-19(26-2)20(13-16)27-3)21(24)23-18-10-6-8-15-7-4-5-9-17(15)18/h4-5,7,9,11-14,18H,6,8,10H2,1-3H3,(H,23,24). The minimum atomic E-state index is -0.908. The molecule has 3 rings (SSSR count). The van der Waals surface area contributed by atoms with Crippen LogP contribution in [-0.2, 0) is 16.0 Å². The number of esters is 1. The van der Waals surface area contributed by atoms with E-state index in [9.17, 15) is 9.59 Å². The summed E-state index contributed by atoms with van der Waals surface area (Å²) < 4.78 is 15.7. The number of aryl methyl sites for hydroxylation is 1. The smallest absolute Gasteiger partial charge is 0.339 e. The molecule has 0 radical (unpaired) electrons. The van der Waals surface area contributed by atoms with Crippen LogP contribution < -0.4 is 14.8 Å². The Hall–Kier alpha value is -3.02. The zero-order valence-electron chi connectivity index (χ0n) is 16.4. The summed E-state index contributed by atoms with van der Waals surface area (Å²) in [6.45, 7) is 1.57. The molecule has 1 N–H and O–H groups in total. The topological polar surface area (TPSA) is 73.9 Å². The predicted molar refractivity (Wildman–Crippen MR) is 105 cm³/mol. The van der Waals surface area contributed by atoms with Crippen LogP contribution in [0.25, 0.3) is 0 Å². The van der Waals surface area contributed by atoms with Crippen molar-refractivity contribution in [3.05, 3.63) is 59.2 Å². The lowest BCUT2D eigenvalue weighted by Crippen LogP contribution is -2.39. The average Bonchev–Trinajstić information content (AvgIpc) is 2.73. The van der Waals surface area contributed by atoms with E-state index in [1.807, 2.05) is 18.2 Å². The van der Waals surface area contributed by atoms with Crippen molar-refractivity contribution < 1.29 is 23.8 Å². The number of hydrogen-bond donors (Lipinski definition) is 1. The van der Waals surface area contributed by atoms with Crippen molar-refractivity contribution in [3.63, 3.8) is 0 Å². The lowest BCUT2D eigenvalue weighted by atomic mass is 9.87. The van der Waals surface area contributed by atoms with Crippen molar-refractivity contribution >= 4 is 11.9 Å². The quantitative estimate of drug-likeness (QED) is 0.774. The Morgan fingerprint density at radius 2 is 1.82 bits per heavy atom. The van der Waals surface area contributed by atoms with Crippen LogP contribution in [0.1, 0.15) is 47.3 Å². The number of methoxy groups -OCH3 is 2. The molecule has 6 heteroatoms. The maximum Gasteiger partial charge on any atom is 0.339 e. The number of amides is 1. The molecule has 2 unspecified atom stereocenters. The zero-order valence-corrected chi connectivity index (χ0v) is 16.4. The maximum atomic E-state index is 12.6. The minimum Gasteiger partial charge on any atom is -0.493 e. The molecule has 1 aliphatic carbocycles. The van der Waals surface area contributed by atoms with Gasteiger partial charge in [-0.3, -0.25) is 4.79 Å². The van der Waals surface area contributed by atoms with Crippen molar-refractivity contribution in [1.82, 2.24) is 5.32 Å². The van der Waals surface area contributed by atoms with Gasteiger partial charge >= 0.3 is 5.97 Å². The molecule has 0 bridgehead atoms. The summed E-state index contributed by atoms with van der Waals surface area (Å²) in [7, 11) is 3.01. The second-order valence-corrected chi connectivity index (χ2v) is 6.77. The molecule has 6 nitrogen and oxygen atoms in total. The van der Waals surface area contributed by atoms with Gasteiger partial charge < -0.3 is 19.5 Å². The van der Waals surface area contributed by atoms with Gasteiger partial charge in [0.15, 0.2) is 17.6 Å². The Bertz CT molecular complexity index is 864. The van der Waals surface area contributed by atoms with E-state index in [-0.39, 0.29) is 11.9 Å². The highest BCUT2D eigenvalue weighted by atomic mass is 16.5. The molecule has 0 spiro atoms. The SMILES string of the molecule is COc1ccc(C(=O)OC(C)C(=O)NC2CCCc3ccccc32)cc1OC. The second-order valence-electron chi connectivity index (χ2n) is 6.77. The molecule has 28 heavy (non-hydrogen) atoms. The molecule has 0 heterocycles. The van der Waals surface area contributed by atoms with Crippen LogP contribution in [0.5, 0.6) is 11.5 Å². The second kappa shape index (κ2) is 8.78. The van der Waals surface area contributed by atoms with E-state index in [1.54, 1.807) is 19.1 Å². The van der Waals surface area contributed by atoms with Gasteiger partial charge in [0.05, 0.1) is 25.8 Å². The van der Waals surface area contributed by atoms with Gasteiger partial charge in [0.2, 0.25) is 0 Å². The molecule has 0 fully saturated rings. The molecule has 2 aromatic carbocycles. The van der Waals surface area contributed by atoms with Gasteiger partial charge in [0.1, 0.15) is 0 Å². The van der Waals surface area contributed by atoms with Gasteiger partial charge in [-0.25, -0.2) is 4.79 Å². The van der Waals surface area contributed by atoms with Gasteiger partial charge in [0.25, 0.3) is 5.91 Å². The number of benzene rings is 2. The van der Waals surface area contributed by atoms with E-state index in [1.165, 1.54) is 25.8 Å². The van der Waals surface area contributed by atoms with Crippen LogP contribution in [-0.4, -0.2) is 32.2 Å². The molecule has 0 aromatic heterocycles. The number of nitrogens with one attached hydrogen (secondary N) is 1. The number of hydrogen-bond acceptors (Lipinski definition) is 5. The molecule has 1 aliphatic rings. The highest BCUT2D eigenvalue weighted by Crippen LogP contribution is 2.30. The third kappa shape index (κ3) is 4.27. The van der Waals surface area contributed by atoms with E-state index in [0.29, 0.717) is 17.1 Å². The van der Waals surface area contributed by atoms with Gasteiger partial charge in [-0.15, -0.1) is 0 Å². The Balaban J connectivity index is 1.64. The van der Waals surface area contributed by atoms with E-state index < -0.39 is 12.1 Å². The van der Waals surface area contributed by atoms with Crippen molar-refractivity contribution in [2.24, 2.45) is 0 Å². The Morgan fingerprint density at radius 3 is 2.57 bits per heavy atom. The van der Waals surface area contributed by atoms with Gasteiger partial charge in [-0.05, 0) is 55.5 Å². The first-order chi connectivity index (χ1) is 13.5. The van der Waals surface area contributed by atoms with Crippen LogP contribution in [0.15, 0.2) is 42.5 Å². The van der Waals surface area contributed by atoms with Crippen LogP contribution in [0.4, 0.5) is 0 Å². The fourth-order valence-electron chi connectivity index (χ4n) is 3.44. The van der Waals surface area contributed by atoms with E-state index in [0.717, 1.165) is 24.8 Å². The fourth-order valence-corrected chi connectivity index (χ4v) is 3.44. The zero-order chi connectivity index (χ0) is 20.1. The third-order valence-electron chi connectivity index (χ3n) is 4.96. The number of ether oxygens (including phenoxy) is 3. The first-order valence-electron chi connectivity index (χ1n) is 9.34. The first-order valence-corrected chi connectivity index (χ1v) is 9.34. The summed E-state index contributed by atoms with van der Waals surface area (Å²) >= 11 is 0. The van der Waals surface area contributed by atoms with Crippen LogP contribution in [0.2, 0.25) is 0 Å². The Kier molecular flexibility index (Phi) is 6.19. The highest BCUT2D eigenvalue weighted by molar-refractivity contribution is 5.93. The number of carbonyl (C=O) groups is 2. The van der Waals surface area contributed by atoms with E-state index >= 15 is 0 Å². The molecular formula is C22H25NO5. The van der Waals surface area contributed by atoms with Crippen LogP contribution >= 0.6 is 0 Å². The van der Waals surface area contributed by atoms with Crippen molar-refractivity contribution in [3.8, 4) is 11.5 Å².